The van der Waals surface area contributed by atoms with Crippen LogP contribution in [0.25, 0.3) is 0 Å². The number of nitrogens with one attached hydrogen (secondary N) is 1. The summed E-state index contributed by atoms with van der Waals surface area (Å²) in [6.45, 7) is 4.31. The van der Waals surface area contributed by atoms with E-state index in [1.165, 1.54) is 49.8 Å². The van der Waals surface area contributed by atoms with Gasteiger partial charge in [0.05, 0.1) is 6.21 Å². The lowest BCUT2D eigenvalue weighted by atomic mass is 10.1. The second-order valence-corrected chi connectivity index (χ2v) is 7.14. The van der Waals surface area contributed by atoms with Gasteiger partial charge in [-0.2, -0.15) is 5.10 Å². The highest BCUT2D eigenvalue weighted by molar-refractivity contribution is 7.13. The van der Waals surface area contributed by atoms with E-state index in [2.05, 4.69) is 30.4 Å². The van der Waals surface area contributed by atoms with Gasteiger partial charge < -0.3 is 0 Å². The van der Waals surface area contributed by atoms with Gasteiger partial charge in [0.25, 0.3) is 0 Å². The largest absolute Gasteiger partial charge is 0.273 e. The zero-order valence-electron chi connectivity index (χ0n) is 14.1. The summed E-state index contributed by atoms with van der Waals surface area (Å²) in [5, 5.41) is 4.00. The smallest absolute Gasteiger partial charge is 0.240 e. The molecule has 0 saturated heterocycles. The maximum atomic E-state index is 11.6. The average Bonchev–Trinajstić information content (AvgIpc) is 2.91. The summed E-state index contributed by atoms with van der Waals surface area (Å²) in [7, 11) is 0. The summed E-state index contributed by atoms with van der Waals surface area (Å²) in [6, 6.07) is 4.06. The summed E-state index contributed by atoms with van der Waals surface area (Å²) >= 11 is 1.67. The molecule has 0 atom stereocenters. The van der Waals surface area contributed by atoms with E-state index in [0.717, 1.165) is 17.7 Å². The number of hydrazone groups is 1. The Morgan fingerprint density at radius 1 is 1.09 bits per heavy atom. The lowest BCUT2D eigenvalue weighted by Crippen LogP contribution is -2.16. The van der Waals surface area contributed by atoms with E-state index in [1.54, 1.807) is 17.6 Å². The van der Waals surface area contributed by atoms with Crippen molar-refractivity contribution < 1.29 is 4.79 Å². The van der Waals surface area contributed by atoms with Gasteiger partial charge in [0.2, 0.25) is 5.91 Å². The molecule has 1 heterocycles. The summed E-state index contributed by atoms with van der Waals surface area (Å²) < 4.78 is 0. The highest BCUT2D eigenvalue weighted by Gasteiger charge is 1.99. The Balaban J connectivity index is 1.94. The van der Waals surface area contributed by atoms with Gasteiger partial charge in [-0.25, -0.2) is 5.43 Å². The molecule has 0 spiro atoms. The predicted octanol–water partition coefficient (Wildman–Crippen LogP) is 5.43. The summed E-state index contributed by atoms with van der Waals surface area (Å²) in [4.78, 5) is 13.9. The molecule has 0 aliphatic rings. The van der Waals surface area contributed by atoms with E-state index in [4.69, 9.17) is 0 Å². The fourth-order valence-corrected chi connectivity index (χ4v) is 3.09. The van der Waals surface area contributed by atoms with Crippen LogP contribution in [0.4, 0.5) is 0 Å². The van der Waals surface area contributed by atoms with Crippen LogP contribution in [-0.2, 0) is 4.79 Å². The van der Waals surface area contributed by atoms with E-state index < -0.39 is 0 Å². The molecular formula is C18H30N2OS. The molecule has 0 bridgehead atoms. The molecule has 0 radical (unpaired) electrons. The van der Waals surface area contributed by atoms with Crippen molar-refractivity contribution in [2.75, 3.05) is 0 Å². The second kappa shape index (κ2) is 12.4. The molecule has 0 aliphatic heterocycles. The Bertz CT molecular complexity index is 440. The molecule has 4 heteroatoms. The first-order chi connectivity index (χ1) is 10.7. The zero-order chi connectivity index (χ0) is 16.0. The molecular weight excluding hydrogens is 292 g/mol. The standard InChI is InChI=1S/C18H30N2OS/c1-3-4-5-6-7-8-9-10-11-12-18(21)20-19-15-17-14-13-16(2)22-17/h13-15H,3-12H2,1-2H3,(H,20,21)/b19-15+. The molecule has 22 heavy (non-hydrogen) atoms. The van der Waals surface area contributed by atoms with Gasteiger partial charge in [-0.15, -0.1) is 11.3 Å². The third-order valence-corrected chi connectivity index (χ3v) is 4.58. The van der Waals surface area contributed by atoms with Crippen molar-refractivity contribution in [2.45, 2.75) is 78.1 Å². The number of carbonyl (C=O) groups is 1. The van der Waals surface area contributed by atoms with Crippen LogP contribution in [0.15, 0.2) is 17.2 Å². The van der Waals surface area contributed by atoms with E-state index in [-0.39, 0.29) is 5.91 Å². The van der Waals surface area contributed by atoms with E-state index in [0.29, 0.717) is 6.42 Å². The molecule has 0 aliphatic carbocycles. The quantitative estimate of drug-likeness (QED) is 0.311. The highest BCUT2D eigenvalue weighted by Crippen LogP contribution is 2.12. The molecule has 124 valence electrons. The zero-order valence-corrected chi connectivity index (χ0v) is 14.9. The first-order valence-corrected chi connectivity index (χ1v) is 9.42. The summed E-state index contributed by atoms with van der Waals surface area (Å²) in [6.07, 6.45) is 13.7. The number of rotatable bonds is 12. The van der Waals surface area contributed by atoms with Crippen molar-refractivity contribution in [1.29, 1.82) is 0 Å². The molecule has 1 N–H and O–H groups in total. The first kappa shape index (κ1) is 18.9. The van der Waals surface area contributed by atoms with Gasteiger partial charge in [0, 0.05) is 16.2 Å². The van der Waals surface area contributed by atoms with Gasteiger partial charge >= 0.3 is 0 Å². The van der Waals surface area contributed by atoms with Crippen LogP contribution in [0, 0.1) is 6.92 Å². The Morgan fingerprint density at radius 3 is 2.32 bits per heavy atom. The Kier molecular flexibility index (Phi) is 10.6. The molecule has 1 aromatic heterocycles. The van der Waals surface area contributed by atoms with Crippen LogP contribution in [0.2, 0.25) is 0 Å². The summed E-state index contributed by atoms with van der Waals surface area (Å²) in [5.41, 5.74) is 2.60. The van der Waals surface area contributed by atoms with E-state index in [1.807, 2.05) is 6.07 Å². The fourth-order valence-electron chi connectivity index (χ4n) is 2.34. The van der Waals surface area contributed by atoms with Crippen molar-refractivity contribution in [3.05, 3.63) is 21.9 Å². The SMILES string of the molecule is CCCCCCCCCCCC(=O)N/N=C/c1ccc(C)s1. The van der Waals surface area contributed by atoms with Gasteiger partial charge in [-0.3, -0.25) is 4.79 Å². The van der Waals surface area contributed by atoms with Crippen molar-refractivity contribution in [2.24, 2.45) is 5.10 Å². The second-order valence-electron chi connectivity index (χ2n) is 5.82. The maximum absolute atomic E-state index is 11.6. The maximum Gasteiger partial charge on any atom is 0.240 e. The first-order valence-electron chi connectivity index (χ1n) is 8.60. The van der Waals surface area contributed by atoms with Crippen molar-refractivity contribution in [1.82, 2.24) is 5.43 Å². The van der Waals surface area contributed by atoms with E-state index in [9.17, 15) is 4.79 Å². The predicted molar refractivity (Wildman–Crippen MR) is 96.6 cm³/mol. The number of thiophene rings is 1. The number of unbranched alkanes of at least 4 members (excludes halogenated alkanes) is 8. The Morgan fingerprint density at radius 2 is 1.73 bits per heavy atom. The number of aryl methyl sites for hydroxylation is 1. The molecule has 0 aromatic carbocycles. The van der Waals surface area contributed by atoms with Gasteiger partial charge in [0.1, 0.15) is 0 Å². The number of nitrogens with zero attached hydrogens (tertiary/aromatic N) is 1. The number of carbonyl (C=O) groups excluding carboxylic acids is 1. The van der Waals surface area contributed by atoms with E-state index >= 15 is 0 Å². The Labute approximate surface area is 139 Å². The fraction of sp³-hybridized carbons (Fsp3) is 0.667. The lowest BCUT2D eigenvalue weighted by molar-refractivity contribution is -0.121. The van der Waals surface area contributed by atoms with Crippen LogP contribution in [0.1, 0.15) is 80.9 Å². The minimum Gasteiger partial charge on any atom is -0.273 e. The van der Waals surface area contributed by atoms with Crippen molar-refractivity contribution in [3.63, 3.8) is 0 Å². The van der Waals surface area contributed by atoms with Crippen LogP contribution < -0.4 is 5.43 Å². The minimum atomic E-state index is 0.0208. The number of amides is 1. The topological polar surface area (TPSA) is 41.5 Å². The van der Waals surface area contributed by atoms with Crippen molar-refractivity contribution >= 4 is 23.5 Å². The Hall–Kier alpha value is -1.16. The average molecular weight is 323 g/mol. The molecule has 0 unspecified atom stereocenters. The third-order valence-electron chi connectivity index (χ3n) is 3.65. The molecule has 1 aromatic rings. The van der Waals surface area contributed by atoms with Gasteiger partial charge in [-0.1, -0.05) is 58.3 Å². The number of hydrogen-bond acceptors (Lipinski definition) is 3. The van der Waals surface area contributed by atoms with Crippen LogP contribution in [-0.4, -0.2) is 12.1 Å². The molecule has 3 nitrogen and oxygen atoms in total. The van der Waals surface area contributed by atoms with Crippen LogP contribution in [0.3, 0.4) is 0 Å². The van der Waals surface area contributed by atoms with Gasteiger partial charge in [-0.05, 0) is 25.5 Å². The third kappa shape index (κ3) is 9.72. The molecule has 0 fully saturated rings. The normalized spacial score (nSPS) is 11.2. The minimum absolute atomic E-state index is 0.0208. The number of hydrogen-bond donors (Lipinski definition) is 1. The highest BCUT2D eigenvalue weighted by atomic mass is 32.1. The summed E-state index contributed by atoms with van der Waals surface area (Å²) in [5.74, 6) is 0.0208. The van der Waals surface area contributed by atoms with Crippen LogP contribution >= 0.6 is 11.3 Å². The van der Waals surface area contributed by atoms with Gasteiger partial charge in [0.15, 0.2) is 0 Å². The lowest BCUT2D eigenvalue weighted by Gasteiger charge is -2.02. The van der Waals surface area contributed by atoms with Crippen molar-refractivity contribution in [3.8, 4) is 0 Å². The molecule has 1 amide bonds. The molecule has 1 rings (SSSR count). The molecule has 0 saturated carbocycles. The van der Waals surface area contributed by atoms with Crippen LogP contribution in [0.5, 0.6) is 0 Å². The monoisotopic (exact) mass is 322 g/mol.